The summed E-state index contributed by atoms with van der Waals surface area (Å²) in [6, 6.07) is 9.11. The first kappa shape index (κ1) is 14.7. The Balaban J connectivity index is 1.77. The third-order valence-corrected chi connectivity index (χ3v) is 4.82. The van der Waals surface area contributed by atoms with Gasteiger partial charge in [0.25, 0.3) is 0 Å². The second kappa shape index (κ2) is 7.81. The molecule has 0 bridgehead atoms. The van der Waals surface area contributed by atoms with Gasteiger partial charge in [0.15, 0.2) is 0 Å². The lowest BCUT2D eigenvalue weighted by atomic mass is 10.2. The number of benzene rings is 1. The molecule has 1 aliphatic carbocycles. The van der Waals surface area contributed by atoms with Gasteiger partial charge in [-0.3, -0.25) is 0 Å². The van der Waals surface area contributed by atoms with Crippen molar-refractivity contribution in [3.63, 3.8) is 0 Å². The molecule has 2 nitrogen and oxygen atoms in total. The molecular weight excluding hydrogens is 254 g/mol. The summed E-state index contributed by atoms with van der Waals surface area (Å²) in [6.07, 6.45) is 4.02. The molecule has 2 rings (SSSR count). The van der Waals surface area contributed by atoms with Crippen LogP contribution in [0.4, 0.5) is 0 Å². The van der Waals surface area contributed by atoms with E-state index in [1.54, 1.807) is 0 Å². The Labute approximate surface area is 121 Å². The molecule has 19 heavy (non-hydrogen) atoms. The molecule has 1 aromatic rings. The minimum absolute atomic E-state index is 0.694. The Morgan fingerprint density at radius 1 is 1.32 bits per heavy atom. The van der Waals surface area contributed by atoms with Gasteiger partial charge in [0.2, 0.25) is 0 Å². The van der Waals surface area contributed by atoms with Gasteiger partial charge in [-0.1, -0.05) is 19.1 Å². The van der Waals surface area contributed by atoms with Gasteiger partial charge < -0.3 is 10.1 Å². The van der Waals surface area contributed by atoms with E-state index in [2.05, 4.69) is 42.2 Å². The Morgan fingerprint density at radius 3 is 3.00 bits per heavy atom. The molecular formula is C16H25NOS. The van der Waals surface area contributed by atoms with Gasteiger partial charge in [-0.15, -0.1) is 0 Å². The number of nitrogens with one attached hydrogen (secondary N) is 1. The first-order valence-corrected chi connectivity index (χ1v) is 8.43. The summed E-state index contributed by atoms with van der Waals surface area (Å²) < 4.78 is 5.54. The van der Waals surface area contributed by atoms with Crippen molar-refractivity contribution >= 4 is 11.8 Å². The maximum Gasteiger partial charge on any atom is 0.119 e. The van der Waals surface area contributed by atoms with Crippen molar-refractivity contribution in [1.82, 2.24) is 5.32 Å². The van der Waals surface area contributed by atoms with Crippen molar-refractivity contribution in [2.45, 2.75) is 50.9 Å². The van der Waals surface area contributed by atoms with Gasteiger partial charge in [-0.2, -0.15) is 11.8 Å². The van der Waals surface area contributed by atoms with Crippen LogP contribution in [0.2, 0.25) is 0 Å². The summed E-state index contributed by atoms with van der Waals surface area (Å²) >= 11 is 2.11. The van der Waals surface area contributed by atoms with Crippen molar-refractivity contribution < 1.29 is 4.74 Å². The van der Waals surface area contributed by atoms with Crippen LogP contribution in [0.25, 0.3) is 0 Å². The quantitative estimate of drug-likeness (QED) is 0.819. The maximum absolute atomic E-state index is 5.54. The fourth-order valence-electron chi connectivity index (χ4n) is 2.69. The van der Waals surface area contributed by atoms with E-state index in [0.717, 1.165) is 24.2 Å². The zero-order valence-corrected chi connectivity index (χ0v) is 12.8. The van der Waals surface area contributed by atoms with Crippen LogP contribution in [0.5, 0.6) is 5.75 Å². The number of ether oxygens (including phenoxy) is 1. The molecule has 0 aromatic heterocycles. The third kappa shape index (κ3) is 4.73. The molecule has 106 valence electrons. The molecule has 0 amide bonds. The average molecular weight is 279 g/mol. The lowest BCUT2D eigenvalue weighted by Gasteiger charge is -2.13. The Hall–Kier alpha value is -0.670. The Morgan fingerprint density at radius 2 is 2.21 bits per heavy atom. The molecule has 1 fully saturated rings. The van der Waals surface area contributed by atoms with Crippen molar-refractivity contribution in [2.24, 2.45) is 0 Å². The van der Waals surface area contributed by atoms with E-state index in [1.165, 1.54) is 30.6 Å². The highest BCUT2D eigenvalue weighted by atomic mass is 32.2. The van der Waals surface area contributed by atoms with Gasteiger partial charge in [0.05, 0.1) is 6.61 Å². The largest absolute Gasteiger partial charge is 0.494 e. The number of thioether (sulfide) groups is 1. The third-order valence-electron chi connectivity index (χ3n) is 3.59. The van der Waals surface area contributed by atoms with Crippen LogP contribution in [-0.4, -0.2) is 23.7 Å². The van der Waals surface area contributed by atoms with Crippen LogP contribution in [0.15, 0.2) is 24.3 Å². The molecule has 0 heterocycles. The zero-order valence-electron chi connectivity index (χ0n) is 12.0. The summed E-state index contributed by atoms with van der Waals surface area (Å²) in [6.45, 7) is 5.96. The predicted octanol–water partition coefficient (Wildman–Crippen LogP) is 3.85. The summed E-state index contributed by atoms with van der Waals surface area (Å²) in [5.41, 5.74) is 1.32. The van der Waals surface area contributed by atoms with E-state index in [0.29, 0.717) is 6.04 Å². The van der Waals surface area contributed by atoms with E-state index < -0.39 is 0 Å². The van der Waals surface area contributed by atoms with Crippen molar-refractivity contribution in [1.29, 1.82) is 0 Å². The Kier molecular flexibility index (Phi) is 6.05. The predicted molar refractivity (Wildman–Crippen MR) is 84.0 cm³/mol. The minimum atomic E-state index is 0.694. The number of rotatable bonds is 7. The lowest BCUT2D eigenvalue weighted by molar-refractivity contribution is 0.339. The van der Waals surface area contributed by atoms with Crippen molar-refractivity contribution in [2.75, 3.05) is 12.4 Å². The molecule has 1 aliphatic rings. The molecule has 1 saturated carbocycles. The molecule has 1 N–H and O–H groups in total. The van der Waals surface area contributed by atoms with Crippen LogP contribution in [0, 0.1) is 0 Å². The van der Waals surface area contributed by atoms with E-state index >= 15 is 0 Å². The monoisotopic (exact) mass is 279 g/mol. The summed E-state index contributed by atoms with van der Waals surface area (Å²) in [5, 5.41) is 4.56. The summed E-state index contributed by atoms with van der Waals surface area (Å²) in [4.78, 5) is 0. The fraction of sp³-hybridized carbons (Fsp3) is 0.625. The van der Waals surface area contributed by atoms with Crippen LogP contribution >= 0.6 is 11.8 Å². The molecule has 2 unspecified atom stereocenters. The highest BCUT2D eigenvalue weighted by Gasteiger charge is 2.23. The number of hydrogen-bond acceptors (Lipinski definition) is 3. The highest BCUT2D eigenvalue weighted by molar-refractivity contribution is 7.99. The molecule has 0 radical (unpaired) electrons. The van der Waals surface area contributed by atoms with Crippen LogP contribution in [-0.2, 0) is 6.54 Å². The standard InChI is InChI=1S/C16H25NOS/c1-3-18-15-7-5-6-13(10-15)12-17-14-8-9-16(11-14)19-4-2/h5-7,10,14,16-17H,3-4,8-9,11-12H2,1-2H3. The smallest absolute Gasteiger partial charge is 0.119 e. The highest BCUT2D eigenvalue weighted by Crippen LogP contribution is 2.29. The van der Waals surface area contributed by atoms with Crippen molar-refractivity contribution in [3.05, 3.63) is 29.8 Å². The molecule has 0 spiro atoms. The second-order valence-corrected chi connectivity index (χ2v) is 6.63. The topological polar surface area (TPSA) is 21.3 Å². The molecule has 2 atom stereocenters. The van der Waals surface area contributed by atoms with E-state index in [-0.39, 0.29) is 0 Å². The molecule has 0 saturated heterocycles. The first-order chi connectivity index (χ1) is 9.31. The minimum Gasteiger partial charge on any atom is -0.494 e. The van der Waals surface area contributed by atoms with Crippen LogP contribution in [0.1, 0.15) is 38.7 Å². The molecule has 1 aromatic carbocycles. The summed E-state index contributed by atoms with van der Waals surface area (Å²) in [5.74, 6) is 2.22. The average Bonchev–Trinajstić information content (AvgIpc) is 2.86. The van der Waals surface area contributed by atoms with Gasteiger partial charge in [0, 0.05) is 17.8 Å². The molecule has 0 aliphatic heterocycles. The van der Waals surface area contributed by atoms with Gasteiger partial charge in [0.1, 0.15) is 5.75 Å². The van der Waals surface area contributed by atoms with Gasteiger partial charge in [-0.25, -0.2) is 0 Å². The Bertz CT molecular complexity index is 383. The van der Waals surface area contributed by atoms with Crippen LogP contribution < -0.4 is 10.1 Å². The van der Waals surface area contributed by atoms with Gasteiger partial charge >= 0.3 is 0 Å². The molecule has 3 heteroatoms. The lowest BCUT2D eigenvalue weighted by Crippen LogP contribution is -2.26. The van der Waals surface area contributed by atoms with Crippen LogP contribution in [0.3, 0.4) is 0 Å². The van der Waals surface area contributed by atoms with E-state index in [9.17, 15) is 0 Å². The fourth-order valence-corrected chi connectivity index (χ4v) is 3.83. The zero-order chi connectivity index (χ0) is 13.5. The van der Waals surface area contributed by atoms with Gasteiger partial charge in [-0.05, 0) is 49.6 Å². The SMILES string of the molecule is CCOc1cccc(CNC2CCC(SCC)C2)c1. The maximum atomic E-state index is 5.54. The second-order valence-electron chi connectivity index (χ2n) is 5.05. The summed E-state index contributed by atoms with van der Waals surface area (Å²) in [7, 11) is 0. The van der Waals surface area contributed by atoms with E-state index in [1.807, 2.05) is 13.0 Å². The first-order valence-electron chi connectivity index (χ1n) is 7.38. The number of hydrogen-bond donors (Lipinski definition) is 1. The van der Waals surface area contributed by atoms with Crippen molar-refractivity contribution in [3.8, 4) is 5.75 Å². The normalized spacial score (nSPS) is 22.6. The van der Waals surface area contributed by atoms with E-state index in [4.69, 9.17) is 4.74 Å².